The average Bonchev–Trinajstić information content (AvgIpc) is 2.69. The number of rotatable bonds is 3. The van der Waals surface area contributed by atoms with Crippen molar-refractivity contribution in [2.45, 2.75) is 98.6 Å². The summed E-state index contributed by atoms with van der Waals surface area (Å²) >= 11 is 0. The van der Waals surface area contributed by atoms with Crippen LogP contribution in [0, 0.1) is 34.5 Å². The van der Waals surface area contributed by atoms with E-state index in [2.05, 4.69) is 6.92 Å². The highest BCUT2D eigenvalue weighted by atomic mass is 16.6. The van der Waals surface area contributed by atoms with E-state index in [-0.39, 0.29) is 29.8 Å². The van der Waals surface area contributed by atoms with Crippen molar-refractivity contribution >= 4 is 11.7 Å². The van der Waals surface area contributed by atoms with Crippen molar-refractivity contribution in [3.8, 4) is 0 Å². The average molecular weight is 428 g/mol. The van der Waals surface area contributed by atoms with Crippen molar-refractivity contribution in [3.05, 3.63) is 0 Å². The highest BCUT2D eigenvalue weighted by Gasteiger charge is 2.45. The number of esters is 1. The number of nitrogens with one attached hydrogen (secondary N) is 1. The minimum Gasteiger partial charge on any atom is -0.461 e. The zero-order valence-corrected chi connectivity index (χ0v) is 20.7. The van der Waals surface area contributed by atoms with E-state index in [1.54, 1.807) is 14.2 Å². The van der Waals surface area contributed by atoms with Crippen molar-refractivity contribution in [3.63, 3.8) is 0 Å². The van der Waals surface area contributed by atoms with Gasteiger partial charge in [-0.25, -0.2) is 0 Å². The second kappa shape index (κ2) is 10.6. The standard InChI is InChI=1S/C24H45NO5/c1-11-18-23(6,7)21(26)16(4)19(25)14(2)12-24(8,29-10)13-15(3)20(28-9)17(5)22(27)30-18/h14-18,20-21,25-26H,11-13H2,1-10H3/t14-,15-,16?,17-,18-,20+,21?,24-/m1/s1. The molecule has 1 rings (SSSR count). The monoisotopic (exact) mass is 427 g/mol. The van der Waals surface area contributed by atoms with E-state index in [4.69, 9.17) is 19.6 Å². The molecule has 2 unspecified atom stereocenters. The van der Waals surface area contributed by atoms with Crippen LogP contribution in [0.4, 0.5) is 0 Å². The molecule has 30 heavy (non-hydrogen) atoms. The van der Waals surface area contributed by atoms with Crippen LogP contribution in [0.5, 0.6) is 0 Å². The molecule has 1 aliphatic heterocycles. The Balaban J connectivity index is 3.43. The van der Waals surface area contributed by atoms with Gasteiger partial charge in [0, 0.05) is 31.3 Å². The van der Waals surface area contributed by atoms with Crippen LogP contribution in [-0.4, -0.2) is 54.9 Å². The van der Waals surface area contributed by atoms with Crippen LogP contribution in [0.1, 0.15) is 74.7 Å². The first-order valence-corrected chi connectivity index (χ1v) is 11.3. The highest BCUT2D eigenvalue weighted by molar-refractivity contribution is 5.86. The van der Waals surface area contributed by atoms with Gasteiger partial charge in [0.2, 0.25) is 0 Å². The molecule has 6 heteroatoms. The third-order valence-corrected chi connectivity index (χ3v) is 7.40. The molecule has 0 spiro atoms. The van der Waals surface area contributed by atoms with Crippen LogP contribution < -0.4 is 0 Å². The molecule has 1 saturated heterocycles. The fourth-order valence-electron chi connectivity index (χ4n) is 5.33. The molecule has 0 aliphatic carbocycles. The number of carbonyl (C=O) groups excluding carboxylic acids is 1. The van der Waals surface area contributed by atoms with Gasteiger partial charge >= 0.3 is 5.97 Å². The molecule has 1 aliphatic rings. The molecule has 1 heterocycles. The van der Waals surface area contributed by atoms with E-state index in [1.165, 1.54) is 0 Å². The van der Waals surface area contributed by atoms with Crippen LogP contribution in [0.25, 0.3) is 0 Å². The Morgan fingerprint density at radius 1 is 1.10 bits per heavy atom. The lowest BCUT2D eigenvalue weighted by atomic mass is 9.70. The Kier molecular flexibility index (Phi) is 9.52. The number of aliphatic hydroxyl groups is 1. The van der Waals surface area contributed by atoms with Gasteiger partial charge in [0.15, 0.2) is 0 Å². The Morgan fingerprint density at radius 3 is 2.13 bits per heavy atom. The smallest absolute Gasteiger partial charge is 0.311 e. The van der Waals surface area contributed by atoms with E-state index in [0.29, 0.717) is 25.0 Å². The van der Waals surface area contributed by atoms with Gasteiger partial charge in [0.1, 0.15) is 6.10 Å². The molecule has 0 aromatic rings. The number of hydrogen-bond acceptors (Lipinski definition) is 6. The Bertz CT molecular complexity index is 592. The van der Waals surface area contributed by atoms with E-state index in [0.717, 1.165) is 0 Å². The van der Waals surface area contributed by atoms with Gasteiger partial charge in [-0.15, -0.1) is 0 Å². The molecule has 0 bridgehead atoms. The van der Waals surface area contributed by atoms with Gasteiger partial charge in [-0.05, 0) is 44.9 Å². The molecule has 0 aromatic heterocycles. The van der Waals surface area contributed by atoms with Crippen molar-refractivity contribution in [1.82, 2.24) is 0 Å². The minimum absolute atomic E-state index is 0.0495. The summed E-state index contributed by atoms with van der Waals surface area (Å²) in [6.45, 7) is 15.7. The normalized spacial score (nSPS) is 41.8. The molecule has 0 saturated carbocycles. The Labute approximate surface area is 183 Å². The lowest BCUT2D eigenvalue weighted by Crippen LogP contribution is -2.50. The summed E-state index contributed by atoms with van der Waals surface area (Å²) in [5, 5.41) is 20.0. The maximum atomic E-state index is 13.0. The van der Waals surface area contributed by atoms with Gasteiger partial charge in [0.05, 0.1) is 23.7 Å². The van der Waals surface area contributed by atoms with Crippen molar-refractivity contribution in [2.24, 2.45) is 29.1 Å². The number of aliphatic hydroxyl groups excluding tert-OH is 1. The molecular formula is C24H45NO5. The fourth-order valence-corrected chi connectivity index (χ4v) is 5.33. The third-order valence-electron chi connectivity index (χ3n) is 7.40. The maximum Gasteiger partial charge on any atom is 0.311 e. The SMILES string of the molecule is CC[C@H]1OC(=O)[C@H](C)[C@@H](OC)[C@H](C)C[C@](C)(OC)C[C@@H](C)C(=N)C(C)C(O)C1(C)C. The van der Waals surface area contributed by atoms with Crippen LogP contribution in [0.15, 0.2) is 0 Å². The number of ether oxygens (including phenoxy) is 3. The molecule has 0 amide bonds. The summed E-state index contributed by atoms with van der Waals surface area (Å²) in [5.41, 5.74) is -0.665. The van der Waals surface area contributed by atoms with Gasteiger partial charge in [0.25, 0.3) is 0 Å². The predicted octanol–water partition coefficient (Wildman–Crippen LogP) is 4.47. The highest BCUT2D eigenvalue weighted by Crippen LogP contribution is 2.38. The van der Waals surface area contributed by atoms with Crippen molar-refractivity contribution in [1.29, 1.82) is 5.41 Å². The zero-order valence-electron chi connectivity index (χ0n) is 20.7. The van der Waals surface area contributed by atoms with Gasteiger partial charge in [-0.2, -0.15) is 0 Å². The molecule has 2 N–H and O–H groups in total. The van der Waals surface area contributed by atoms with Gasteiger partial charge in [-0.1, -0.05) is 41.5 Å². The quantitative estimate of drug-likeness (QED) is 0.649. The van der Waals surface area contributed by atoms with Crippen molar-refractivity contribution < 1.29 is 24.1 Å². The van der Waals surface area contributed by atoms with Gasteiger partial charge in [-0.3, -0.25) is 4.79 Å². The summed E-state index contributed by atoms with van der Waals surface area (Å²) < 4.78 is 17.6. The van der Waals surface area contributed by atoms with E-state index in [1.807, 2.05) is 48.5 Å². The maximum absolute atomic E-state index is 13.0. The molecule has 176 valence electrons. The molecule has 0 radical (unpaired) electrons. The second-order valence-electron chi connectivity index (χ2n) is 10.3. The van der Waals surface area contributed by atoms with Crippen LogP contribution in [0.2, 0.25) is 0 Å². The van der Waals surface area contributed by atoms with E-state index < -0.39 is 29.1 Å². The topological polar surface area (TPSA) is 88.8 Å². The number of hydrogen-bond donors (Lipinski definition) is 2. The first kappa shape index (κ1) is 27.1. The Hall–Kier alpha value is -0.980. The van der Waals surface area contributed by atoms with E-state index in [9.17, 15) is 9.90 Å². The number of cyclic esters (lactones) is 1. The molecule has 0 aromatic carbocycles. The lowest BCUT2D eigenvalue weighted by molar-refractivity contribution is -0.173. The van der Waals surface area contributed by atoms with Crippen LogP contribution in [0.3, 0.4) is 0 Å². The van der Waals surface area contributed by atoms with Crippen LogP contribution in [-0.2, 0) is 19.0 Å². The first-order valence-electron chi connectivity index (χ1n) is 11.3. The largest absolute Gasteiger partial charge is 0.461 e. The Morgan fingerprint density at radius 2 is 1.67 bits per heavy atom. The number of carbonyl (C=O) groups is 1. The summed E-state index contributed by atoms with van der Waals surface area (Å²) in [6.07, 6.45) is 0.372. The summed E-state index contributed by atoms with van der Waals surface area (Å²) in [4.78, 5) is 13.0. The molecular weight excluding hydrogens is 382 g/mol. The second-order valence-corrected chi connectivity index (χ2v) is 10.3. The lowest BCUT2D eigenvalue weighted by Gasteiger charge is -2.43. The van der Waals surface area contributed by atoms with E-state index >= 15 is 0 Å². The van der Waals surface area contributed by atoms with Crippen LogP contribution >= 0.6 is 0 Å². The minimum atomic E-state index is -0.811. The predicted molar refractivity (Wildman–Crippen MR) is 120 cm³/mol. The first-order chi connectivity index (χ1) is 13.8. The molecule has 6 nitrogen and oxygen atoms in total. The number of methoxy groups -OCH3 is 2. The summed E-state index contributed by atoms with van der Waals surface area (Å²) in [6, 6.07) is 0. The van der Waals surface area contributed by atoms with Gasteiger partial charge < -0.3 is 24.7 Å². The molecule has 8 atom stereocenters. The van der Waals surface area contributed by atoms with Crippen molar-refractivity contribution in [2.75, 3.05) is 14.2 Å². The summed E-state index contributed by atoms with van der Waals surface area (Å²) in [5.74, 6) is -1.10. The zero-order chi connectivity index (χ0) is 23.4. The fraction of sp³-hybridized carbons (Fsp3) is 0.917. The molecule has 1 fully saturated rings. The third kappa shape index (κ3) is 5.83. The summed E-state index contributed by atoms with van der Waals surface area (Å²) in [7, 11) is 3.32.